The van der Waals surface area contributed by atoms with E-state index in [0.717, 1.165) is 32.8 Å². The molecule has 3 aromatic carbocycles. The summed E-state index contributed by atoms with van der Waals surface area (Å²) in [6.07, 6.45) is 1.35. The highest BCUT2D eigenvalue weighted by molar-refractivity contribution is 7.92. The van der Waals surface area contributed by atoms with E-state index in [1.165, 1.54) is 4.90 Å². The molecular formula is C32H41N3O5S. The van der Waals surface area contributed by atoms with E-state index < -0.39 is 28.5 Å². The Morgan fingerprint density at radius 1 is 0.927 bits per heavy atom. The molecule has 0 radical (unpaired) electrons. The second-order valence-corrected chi connectivity index (χ2v) is 12.7. The van der Waals surface area contributed by atoms with Gasteiger partial charge in [-0.15, -0.1) is 0 Å². The number of sulfonamides is 1. The Bertz CT molecular complexity index is 1440. The van der Waals surface area contributed by atoms with Gasteiger partial charge in [-0.3, -0.25) is 13.9 Å². The van der Waals surface area contributed by atoms with Gasteiger partial charge in [0.25, 0.3) is 0 Å². The van der Waals surface area contributed by atoms with Crippen molar-refractivity contribution < 1.29 is 22.7 Å². The number of aryl methyl sites for hydroxylation is 2. The lowest BCUT2D eigenvalue weighted by Gasteiger charge is -2.34. The van der Waals surface area contributed by atoms with Crippen molar-refractivity contribution in [3.05, 3.63) is 95.1 Å². The number of hydrogen-bond acceptors (Lipinski definition) is 5. The average molecular weight is 580 g/mol. The Morgan fingerprint density at radius 2 is 1.61 bits per heavy atom. The van der Waals surface area contributed by atoms with Crippen molar-refractivity contribution in [1.82, 2.24) is 10.2 Å². The van der Waals surface area contributed by atoms with E-state index in [9.17, 15) is 18.0 Å². The molecule has 3 rings (SSSR count). The fourth-order valence-corrected chi connectivity index (χ4v) is 5.53. The highest BCUT2D eigenvalue weighted by atomic mass is 32.2. The maximum atomic E-state index is 14.2. The van der Waals surface area contributed by atoms with Crippen LogP contribution in [0.4, 0.5) is 5.69 Å². The Kier molecular flexibility index (Phi) is 10.9. The van der Waals surface area contributed by atoms with Gasteiger partial charge in [-0.25, -0.2) is 8.42 Å². The number of rotatable bonds is 13. The van der Waals surface area contributed by atoms with Crippen LogP contribution in [0.2, 0.25) is 0 Å². The maximum Gasteiger partial charge on any atom is 0.244 e. The molecule has 0 unspecified atom stereocenters. The van der Waals surface area contributed by atoms with Crippen molar-refractivity contribution in [3.8, 4) is 5.75 Å². The molecule has 0 heterocycles. The van der Waals surface area contributed by atoms with Crippen molar-refractivity contribution in [2.24, 2.45) is 5.92 Å². The molecule has 41 heavy (non-hydrogen) atoms. The van der Waals surface area contributed by atoms with Crippen LogP contribution in [0.1, 0.15) is 36.1 Å². The number of benzene rings is 3. The van der Waals surface area contributed by atoms with E-state index in [-0.39, 0.29) is 24.8 Å². The number of hydrogen-bond donors (Lipinski definition) is 1. The van der Waals surface area contributed by atoms with Crippen molar-refractivity contribution in [2.45, 2.75) is 46.7 Å². The van der Waals surface area contributed by atoms with Crippen LogP contribution in [-0.4, -0.2) is 57.6 Å². The zero-order valence-electron chi connectivity index (χ0n) is 24.8. The van der Waals surface area contributed by atoms with Crippen molar-refractivity contribution >= 4 is 27.5 Å². The van der Waals surface area contributed by atoms with Gasteiger partial charge in [0, 0.05) is 19.5 Å². The van der Waals surface area contributed by atoms with E-state index in [2.05, 4.69) is 5.32 Å². The summed E-state index contributed by atoms with van der Waals surface area (Å²) in [7, 11) is -2.26. The van der Waals surface area contributed by atoms with Gasteiger partial charge in [-0.1, -0.05) is 74.0 Å². The summed E-state index contributed by atoms with van der Waals surface area (Å²) in [5.41, 5.74) is 3.78. The fraction of sp³-hybridized carbons (Fsp3) is 0.375. The van der Waals surface area contributed by atoms with Crippen LogP contribution in [0.25, 0.3) is 0 Å². The molecule has 0 aromatic heterocycles. The minimum atomic E-state index is -3.83. The van der Waals surface area contributed by atoms with E-state index in [0.29, 0.717) is 18.0 Å². The highest BCUT2D eigenvalue weighted by Gasteiger charge is 2.33. The number of carbonyl (C=O) groups excluding carboxylic acids is 2. The molecule has 0 saturated heterocycles. The first-order valence-corrected chi connectivity index (χ1v) is 15.5. The van der Waals surface area contributed by atoms with Crippen LogP contribution >= 0.6 is 0 Å². The lowest BCUT2D eigenvalue weighted by Crippen LogP contribution is -2.53. The first-order valence-electron chi connectivity index (χ1n) is 13.7. The summed E-state index contributed by atoms with van der Waals surface area (Å²) >= 11 is 0. The van der Waals surface area contributed by atoms with Crippen molar-refractivity contribution in [3.63, 3.8) is 0 Å². The monoisotopic (exact) mass is 579 g/mol. The van der Waals surface area contributed by atoms with Crippen LogP contribution in [0.5, 0.6) is 5.75 Å². The number of anilines is 1. The van der Waals surface area contributed by atoms with Gasteiger partial charge in [-0.05, 0) is 54.7 Å². The normalized spacial score (nSPS) is 12.1. The molecule has 0 saturated carbocycles. The van der Waals surface area contributed by atoms with Crippen LogP contribution in [-0.2, 0) is 32.6 Å². The standard InChI is InChI=1S/C32H41N3O5S/c1-23(2)20-33-32(37)30(19-26-11-8-7-9-12-26)34(21-27-13-10-14-28(18-27)40-5)31(36)22-35(41(6,38)39)29-16-15-24(3)17-25(29)4/h7-18,23,30H,19-22H2,1-6H3,(H,33,37)/t30-/m0/s1. The third kappa shape index (κ3) is 9.08. The lowest BCUT2D eigenvalue weighted by atomic mass is 10.0. The summed E-state index contributed by atoms with van der Waals surface area (Å²) in [5, 5.41) is 2.99. The van der Waals surface area contributed by atoms with Gasteiger partial charge >= 0.3 is 0 Å². The molecule has 1 N–H and O–H groups in total. The van der Waals surface area contributed by atoms with Crippen molar-refractivity contribution in [1.29, 1.82) is 0 Å². The molecule has 0 fully saturated rings. The van der Waals surface area contributed by atoms with E-state index in [1.54, 1.807) is 19.2 Å². The largest absolute Gasteiger partial charge is 0.497 e. The Hall–Kier alpha value is -3.85. The molecule has 0 aliphatic heterocycles. The van der Waals surface area contributed by atoms with E-state index in [4.69, 9.17) is 4.74 Å². The predicted octanol–water partition coefficient (Wildman–Crippen LogP) is 4.49. The molecule has 0 aliphatic rings. The first-order chi connectivity index (χ1) is 19.4. The Labute approximate surface area is 244 Å². The summed E-state index contributed by atoms with van der Waals surface area (Å²) in [6, 6.07) is 21.3. The number of nitrogens with zero attached hydrogens (tertiary/aromatic N) is 2. The molecule has 0 spiro atoms. The minimum absolute atomic E-state index is 0.0904. The van der Waals surface area contributed by atoms with Gasteiger partial charge in [-0.2, -0.15) is 0 Å². The third-order valence-electron chi connectivity index (χ3n) is 6.74. The number of ether oxygens (including phenoxy) is 1. The molecule has 220 valence electrons. The fourth-order valence-electron chi connectivity index (χ4n) is 4.62. The molecule has 2 amide bonds. The quantitative estimate of drug-likeness (QED) is 0.322. The van der Waals surface area contributed by atoms with Crippen LogP contribution in [0.3, 0.4) is 0 Å². The zero-order valence-corrected chi connectivity index (χ0v) is 25.6. The maximum absolute atomic E-state index is 14.2. The molecular weight excluding hydrogens is 538 g/mol. The number of nitrogens with one attached hydrogen (secondary N) is 1. The predicted molar refractivity (Wildman–Crippen MR) is 163 cm³/mol. The van der Waals surface area contributed by atoms with Gasteiger partial charge in [0.1, 0.15) is 18.3 Å². The zero-order chi connectivity index (χ0) is 30.2. The van der Waals surface area contributed by atoms with Crippen LogP contribution < -0.4 is 14.4 Å². The summed E-state index contributed by atoms with van der Waals surface area (Å²) < 4.78 is 32.5. The number of methoxy groups -OCH3 is 1. The second-order valence-electron chi connectivity index (χ2n) is 10.8. The summed E-state index contributed by atoms with van der Waals surface area (Å²) in [4.78, 5) is 29.4. The molecule has 8 nitrogen and oxygen atoms in total. The summed E-state index contributed by atoms with van der Waals surface area (Å²) in [6.45, 7) is 7.83. The molecule has 1 atom stereocenters. The highest BCUT2D eigenvalue weighted by Crippen LogP contribution is 2.25. The number of amides is 2. The SMILES string of the molecule is COc1cccc(CN(C(=O)CN(c2ccc(C)cc2C)S(C)(=O)=O)[C@@H](Cc2ccccc2)C(=O)NCC(C)C)c1. The van der Waals surface area contributed by atoms with Gasteiger partial charge in [0.05, 0.1) is 19.1 Å². The third-order valence-corrected chi connectivity index (χ3v) is 7.87. The first kappa shape index (κ1) is 31.7. The van der Waals surface area contributed by atoms with Gasteiger partial charge in [0.2, 0.25) is 21.8 Å². The Morgan fingerprint density at radius 3 is 2.22 bits per heavy atom. The summed E-state index contributed by atoms with van der Waals surface area (Å²) in [5.74, 6) is 0.0472. The van der Waals surface area contributed by atoms with Gasteiger partial charge in [0.15, 0.2) is 0 Å². The smallest absolute Gasteiger partial charge is 0.244 e. The van der Waals surface area contributed by atoms with Crippen LogP contribution in [0.15, 0.2) is 72.8 Å². The second kappa shape index (κ2) is 14.2. The van der Waals surface area contributed by atoms with Crippen molar-refractivity contribution in [2.75, 3.05) is 30.8 Å². The van der Waals surface area contributed by atoms with E-state index >= 15 is 0 Å². The van der Waals surface area contributed by atoms with Gasteiger partial charge < -0.3 is 15.0 Å². The minimum Gasteiger partial charge on any atom is -0.497 e. The molecule has 9 heteroatoms. The lowest BCUT2D eigenvalue weighted by molar-refractivity contribution is -0.140. The topological polar surface area (TPSA) is 96.0 Å². The molecule has 3 aromatic rings. The average Bonchev–Trinajstić information content (AvgIpc) is 2.92. The Balaban J connectivity index is 2.08. The van der Waals surface area contributed by atoms with E-state index in [1.807, 2.05) is 88.4 Å². The van der Waals surface area contributed by atoms with Crippen LogP contribution in [0, 0.1) is 19.8 Å². The molecule has 0 bridgehead atoms. The molecule has 0 aliphatic carbocycles. The number of carbonyl (C=O) groups is 2.